The second-order valence-corrected chi connectivity index (χ2v) is 17.8. The molecule has 1 aromatic carbocycles. The highest BCUT2D eigenvalue weighted by molar-refractivity contribution is 6.30. The maximum atomic E-state index is 14.5. The molecule has 1 unspecified atom stereocenters. The Kier molecular flexibility index (Phi) is 23.1. The standard InChI is InChI=1S/C47H73ClN6O9/c1-12-29(5)40-43(57)50-33(9)47(61)63-41(30(6)13-2)31(7)17-16-18-32(8)46(60)62-38(25-28(3)4)42(56)51-36(19-14-15-24-49)44(58)54(11)37(26-34-20-22-35(48)23-21-34)45(59)53(10)27-39(55)52-40/h13,18,20-23,28-29,31,33,36-38,40-41H,12,14-17,19,24-27,49H2,1-11H3,(H,50,57)(H,51,56)(H,52,55)/b30-13+,32-18+/t29?,31-,33+,36-,37+,38+,40-,41+/m0/s1. The van der Waals surface area contributed by atoms with Crippen molar-refractivity contribution in [2.75, 3.05) is 27.2 Å². The molecule has 0 saturated carbocycles. The number of carbonyl (C=O) groups is 7. The molecule has 1 aliphatic rings. The van der Waals surface area contributed by atoms with E-state index in [2.05, 4.69) is 16.0 Å². The average molecular weight is 902 g/mol. The fourth-order valence-corrected chi connectivity index (χ4v) is 7.31. The molecule has 1 aliphatic heterocycles. The number of hydrogen-bond acceptors (Lipinski definition) is 10. The lowest BCUT2D eigenvalue weighted by molar-refractivity contribution is -0.154. The summed E-state index contributed by atoms with van der Waals surface area (Å²) in [5.74, 6) is -5.02. The number of likely N-dealkylation sites (N-methyl/N-ethyl adjacent to an activating group) is 2. The number of amides is 5. The minimum atomic E-state index is -1.23. The maximum absolute atomic E-state index is 14.5. The molecule has 352 valence electrons. The Labute approximate surface area is 379 Å². The third-order valence-electron chi connectivity index (χ3n) is 11.6. The van der Waals surface area contributed by atoms with Crippen molar-refractivity contribution in [1.29, 1.82) is 0 Å². The van der Waals surface area contributed by atoms with E-state index in [0.29, 0.717) is 49.2 Å². The first kappa shape index (κ1) is 54.4. The molecule has 0 radical (unpaired) electrons. The number of nitrogens with one attached hydrogen (secondary N) is 3. The molecule has 5 amide bonds. The van der Waals surface area contributed by atoms with Gasteiger partial charge in [0.15, 0.2) is 6.10 Å². The second-order valence-electron chi connectivity index (χ2n) is 17.4. The average Bonchev–Trinajstić information content (AvgIpc) is 3.24. The van der Waals surface area contributed by atoms with E-state index in [9.17, 15) is 33.6 Å². The van der Waals surface area contributed by atoms with Gasteiger partial charge in [0.25, 0.3) is 5.91 Å². The van der Waals surface area contributed by atoms with Crippen LogP contribution in [-0.4, -0.2) is 115 Å². The van der Waals surface area contributed by atoms with Crippen LogP contribution in [0.15, 0.2) is 47.6 Å². The zero-order chi connectivity index (χ0) is 47.6. The zero-order valence-corrected chi connectivity index (χ0v) is 40.0. The summed E-state index contributed by atoms with van der Waals surface area (Å²) in [6.07, 6.45) is 4.58. The molecule has 0 aliphatic carbocycles. The third kappa shape index (κ3) is 17.4. The van der Waals surface area contributed by atoms with Gasteiger partial charge in [-0.3, -0.25) is 24.0 Å². The van der Waals surface area contributed by atoms with Gasteiger partial charge in [0.2, 0.25) is 23.6 Å². The van der Waals surface area contributed by atoms with Gasteiger partial charge in [-0.15, -0.1) is 0 Å². The Morgan fingerprint density at radius 1 is 0.937 bits per heavy atom. The summed E-state index contributed by atoms with van der Waals surface area (Å²) in [7, 11) is 2.89. The molecule has 8 atom stereocenters. The number of nitrogens with zero attached hydrogens (tertiary/aromatic N) is 2. The second kappa shape index (κ2) is 26.8. The zero-order valence-electron chi connectivity index (χ0n) is 39.3. The Hall–Kier alpha value is -4.76. The van der Waals surface area contributed by atoms with Crippen LogP contribution < -0.4 is 21.7 Å². The number of benzene rings is 1. The van der Waals surface area contributed by atoms with Gasteiger partial charge in [-0.25, -0.2) is 9.59 Å². The number of ether oxygens (including phenoxy) is 2. The number of allylic oxidation sites excluding steroid dienone is 2. The minimum Gasteiger partial charge on any atom is -0.456 e. The normalized spacial score (nSPS) is 26.6. The lowest BCUT2D eigenvalue weighted by atomic mass is 9.93. The first-order valence-electron chi connectivity index (χ1n) is 22.2. The van der Waals surface area contributed by atoms with Gasteiger partial charge < -0.3 is 41.0 Å². The van der Waals surface area contributed by atoms with E-state index >= 15 is 0 Å². The van der Waals surface area contributed by atoms with E-state index in [0.717, 1.165) is 5.57 Å². The molecule has 5 N–H and O–H groups in total. The predicted octanol–water partition coefficient (Wildman–Crippen LogP) is 5.03. The molecule has 0 fully saturated rings. The van der Waals surface area contributed by atoms with E-state index in [1.807, 2.05) is 47.6 Å². The molecule has 15 nitrogen and oxygen atoms in total. The molecular formula is C47H73ClN6O9. The van der Waals surface area contributed by atoms with Crippen molar-refractivity contribution in [2.24, 2.45) is 23.5 Å². The van der Waals surface area contributed by atoms with E-state index in [1.54, 1.807) is 44.2 Å². The van der Waals surface area contributed by atoms with E-state index in [1.165, 1.54) is 30.8 Å². The number of hydrogen-bond donors (Lipinski definition) is 4. The molecule has 1 heterocycles. The van der Waals surface area contributed by atoms with Crippen molar-refractivity contribution in [3.8, 4) is 0 Å². The van der Waals surface area contributed by atoms with E-state index in [-0.39, 0.29) is 42.6 Å². The monoisotopic (exact) mass is 901 g/mol. The molecule has 63 heavy (non-hydrogen) atoms. The van der Waals surface area contributed by atoms with Crippen LogP contribution in [0.1, 0.15) is 113 Å². The summed E-state index contributed by atoms with van der Waals surface area (Å²) in [4.78, 5) is 99.8. The third-order valence-corrected chi connectivity index (χ3v) is 11.8. The molecule has 0 saturated heterocycles. The highest BCUT2D eigenvalue weighted by Crippen LogP contribution is 2.23. The lowest BCUT2D eigenvalue weighted by Gasteiger charge is -2.34. The van der Waals surface area contributed by atoms with Gasteiger partial charge in [-0.2, -0.15) is 0 Å². The highest BCUT2D eigenvalue weighted by atomic mass is 35.5. The maximum Gasteiger partial charge on any atom is 0.334 e. The summed E-state index contributed by atoms with van der Waals surface area (Å²) in [5.41, 5.74) is 7.56. The Balaban J connectivity index is 2.70. The van der Waals surface area contributed by atoms with Crippen molar-refractivity contribution >= 4 is 53.1 Å². The number of nitrogens with two attached hydrogens (primary N) is 1. The molecule has 1 aromatic rings. The quantitative estimate of drug-likeness (QED) is 0.132. The largest absolute Gasteiger partial charge is 0.456 e. The topological polar surface area (TPSA) is 207 Å². The van der Waals surface area contributed by atoms with E-state index < -0.39 is 84.4 Å². The van der Waals surface area contributed by atoms with Crippen molar-refractivity contribution in [3.63, 3.8) is 0 Å². The Morgan fingerprint density at radius 3 is 2.17 bits per heavy atom. The first-order chi connectivity index (χ1) is 29.6. The van der Waals surface area contributed by atoms with Crippen molar-refractivity contribution < 1.29 is 43.0 Å². The van der Waals surface area contributed by atoms with Crippen molar-refractivity contribution in [2.45, 2.75) is 150 Å². The number of rotatable bonds is 11. The molecule has 0 spiro atoms. The van der Waals surface area contributed by atoms with Crippen LogP contribution in [0.2, 0.25) is 5.02 Å². The van der Waals surface area contributed by atoms with Gasteiger partial charge in [0.1, 0.15) is 30.3 Å². The SMILES string of the molecule is C/C=C(\C)[C@H]1OC(=O)[C@@H](C)NC(=O)[C@H](C(C)CC)NC(=O)CN(C)C(=O)[C@@H](Cc2ccc(Cl)cc2)N(C)C(=O)[C@H](CCCCN)NC(=O)[C@@H](CC(C)C)OC(=O)/C(C)=C/CC[C@@H]1C. The van der Waals surface area contributed by atoms with Crippen LogP contribution >= 0.6 is 11.6 Å². The summed E-state index contributed by atoms with van der Waals surface area (Å²) >= 11 is 6.17. The van der Waals surface area contributed by atoms with E-state index in [4.69, 9.17) is 26.8 Å². The summed E-state index contributed by atoms with van der Waals surface area (Å²) in [6.45, 7) is 16.0. The Bertz CT molecular complexity index is 1780. The van der Waals surface area contributed by atoms with Gasteiger partial charge in [-0.05, 0) is 114 Å². The number of esters is 2. The van der Waals surface area contributed by atoms with Gasteiger partial charge in [0.05, 0.1) is 6.54 Å². The summed E-state index contributed by atoms with van der Waals surface area (Å²) in [6, 6.07) is 2.38. The number of halogens is 1. The van der Waals surface area contributed by atoms with Crippen LogP contribution in [-0.2, 0) is 49.5 Å². The molecular weight excluding hydrogens is 828 g/mol. The summed E-state index contributed by atoms with van der Waals surface area (Å²) < 4.78 is 11.8. The molecule has 0 bridgehead atoms. The lowest BCUT2D eigenvalue weighted by Crippen LogP contribution is -2.58. The number of cyclic esters (lactones) is 2. The fourth-order valence-electron chi connectivity index (χ4n) is 7.18. The van der Waals surface area contributed by atoms with Gasteiger partial charge >= 0.3 is 11.9 Å². The van der Waals surface area contributed by atoms with Gasteiger partial charge in [0, 0.05) is 31.1 Å². The molecule has 2 rings (SSSR count). The fraction of sp³-hybridized carbons (Fsp3) is 0.638. The number of carbonyl (C=O) groups excluding carboxylic acids is 7. The summed E-state index contributed by atoms with van der Waals surface area (Å²) in [5, 5.41) is 8.78. The van der Waals surface area contributed by atoms with Crippen molar-refractivity contribution in [1.82, 2.24) is 25.8 Å². The van der Waals surface area contributed by atoms with Gasteiger partial charge in [-0.1, -0.05) is 76.9 Å². The van der Waals surface area contributed by atoms with Crippen LogP contribution in [0.4, 0.5) is 0 Å². The highest BCUT2D eigenvalue weighted by Gasteiger charge is 2.37. The van der Waals surface area contributed by atoms with Crippen LogP contribution in [0.5, 0.6) is 0 Å². The molecule has 0 aromatic heterocycles. The smallest absolute Gasteiger partial charge is 0.334 e. The predicted molar refractivity (Wildman–Crippen MR) is 244 cm³/mol. The minimum absolute atomic E-state index is 0.0337. The van der Waals surface area contributed by atoms with Crippen LogP contribution in [0.3, 0.4) is 0 Å². The number of unbranched alkanes of at least 4 members (excludes halogenated alkanes) is 1. The van der Waals surface area contributed by atoms with Crippen LogP contribution in [0.25, 0.3) is 0 Å². The Morgan fingerprint density at radius 2 is 1.59 bits per heavy atom. The van der Waals surface area contributed by atoms with Crippen molar-refractivity contribution in [3.05, 3.63) is 58.1 Å². The molecule has 16 heteroatoms. The van der Waals surface area contributed by atoms with Crippen LogP contribution in [0, 0.1) is 17.8 Å². The first-order valence-corrected chi connectivity index (χ1v) is 22.6.